The molecule has 0 bridgehead atoms. The minimum Gasteiger partial charge on any atom is -0.487 e. The Hall–Kier alpha value is -2.39. The van der Waals surface area contributed by atoms with Gasteiger partial charge < -0.3 is 4.74 Å². The van der Waals surface area contributed by atoms with Crippen LogP contribution < -0.4 is 4.74 Å². The molecule has 0 fully saturated rings. The molecule has 4 heteroatoms. The van der Waals surface area contributed by atoms with Crippen LogP contribution in [0.4, 0.5) is 0 Å². The number of benzene rings is 2. The number of carbonyl (C=O) groups excluding carboxylic acids is 1. The summed E-state index contributed by atoms with van der Waals surface area (Å²) in [4.78, 5) is 18.5. The Morgan fingerprint density at radius 3 is 2.50 bits per heavy atom. The highest BCUT2D eigenvalue weighted by molar-refractivity contribution is 6.34. The van der Waals surface area contributed by atoms with E-state index in [1.165, 1.54) is 0 Å². The zero-order valence-electron chi connectivity index (χ0n) is 19.1. The van der Waals surface area contributed by atoms with Crippen LogP contribution >= 0.6 is 11.6 Å². The molecule has 3 nitrogen and oxygen atoms in total. The Morgan fingerprint density at radius 1 is 1.00 bits per heavy atom. The molecule has 0 radical (unpaired) electrons. The molecule has 0 aliphatic heterocycles. The summed E-state index contributed by atoms with van der Waals surface area (Å²) in [5.74, 6) is 0.979. The van der Waals surface area contributed by atoms with Gasteiger partial charge in [-0.2, -0.15) is 0 Å². The fourth-order valence-electron chi connectivity index (χ4n) is 4.94. The Morgan fingerprint density at radius 2 is 1.75 bits per heavy atom. The first-order valence-corrected chi connectivity index (χ1v) is 12.3. The summed E-state index contributed by atoms with van der Waals surface area (Å²) < 4.78 is 6.20. The first-order chi connectivity index (χ1) is 15.6. The second kappa shape index (κ2) is 10.0. The highest BCUT2D eigenvalue weighted by Crippen LogP contribution is 2.47. The minimum absolute atomic E-state index is 0.222. The van der Waals surface area contributed by atoms with E-state index in [1.54, 1.807) is 0 Å². The van der Waals surface area contributed by atoms with Crippen molar-refractivity contribution in [3.8, 4) is 5.75 Å². The summed E-state index contributed by atoms with van der Waals surface area (Å²) in [6.07, 6.45) is 7.96. The predicted octanol–water partition coefficient (Wildman–Crippen LogP) is 7.96. The number of nitrogens with zero attached hydrogens (tertiary/aromatic N) is 1. The first kappa shape index (κ1) is 22.8. The van der Waals surface area contributed by atoms with Crippen molar-refractivity contribution >= 4 is 28.3 Å². The van der Waals surface area contributed by atoms with Crippen LogP contribution in [0, 0.1) is 5.41 Å². The fraction of sp³-hybridized carbons (Fsp3) is 0.429. The van der Waals surface area contributed by atoms with Crippen LogP contribution in [-0.4, -0.2) is 10.8 Å². The van der Waals surface area contributed by atoms with Gasteiger partial charge in [0.05, 0.1) is 16.2 Å². The van der Waals surface area contributed by atoms with Gasteiger partial charge in [0, 0.05) is 21.9 Å². The molecule has 0 N–H and O–H groups in total. The second-order valence-corrected chi connectivity index (χ2v) is 9.41. The number of ketones is 1. The molecule has 32 heavy (non-hydrogen) atoms. The van der Waals surface area contributed by atoms with Crippen molar-refractivity contribution in [3.63, 3.8) is 0 Å². The number of para-hydroxylation sites is 1. The molecule has 0 amide bonds. The number of fused-ring (bicyclic) bond motifs is 2. The SMILES string of the molecule is CCCCC1(CCCC)CCc2c(OCc3ccc4ccccc4n3)ccc(Cl)c2C1=O. The van der Waals surface area contributed by atoms with Crippen molar-refractivity contribution in [1.82, 2.24) is 4.98 Å². The van der Waals surface area contributed by atoms with E-state index in [1.807, 2.05) is 36.4 Å². The number of pyridine rings is 1. The van der Waals surface area contributed by atoms with Crippen molar-refractivity contribution in [2.24, 2.45) is 5.41 Å². The third-order valence-electron chi connectivity index (χ3n) is 6.83. The number of rotatable bonds is 9. The van der Waals surface area contributed by atoms with Gasteiger partial charge in [-0.1, -0.05) is 75.4 Å². The molecule has 1 heterocycles. The Bertz CT molecular complexity index is 1100. The predicted molar refractivity (Wildman–Crippen MR) is 132 cm³/mol. The largest absolute Gasteiger partial charge is 0.487 e. The zero-order chi connectivity index (χ0) is 22.6. The standard InChI is InChI=1S/C28H32ClNO2/c1-3-5-16-28(17-6-4-2)18-15-22-25(14-13-23(29)26(22)27(28)31)32-19-21-12-11-20-9-7-8-10-24(20)30-21/h7-14H,3-6,15-19H2,1-2H3. The zero-order valence-corrected chi connectivity index (χ0v) is 19.9. The molecule has 1 aliphatic carbocycles. The molecule has 0 unspecified atom stereocenters. The average Bonchev–Trinajstić information content (AvgIpc) is 2.82. The van der Waals surface area contributed by atoms with Crippen molar-refractivity contribution in [3.05, 3.63) is 70.4 Å². The van der Waals surface area contributed by atoms with Crippen LogP contribution in [-0.2, 0) is 13.0 Å². The van der Waals surface area contributed by atoms with E-state index in [0.717, 1.165) is 79.3 Å². The van der Waals surface area contributed by atoms with Gasteiger partial charge in [0.2, 0.25) is 0 Å². The topological polar surface area (TPSA) is 39.2 Å². The van der Waals surface area contributed by atoms with Gasteiger partial charge in [-0.25, -0.2) is 4.98 Å². The van der Waals surface area contributed by atoms with E-state index >= 15 is 0 Å². The summed E-state index contributed by atoms with van der Waals surface area (Å²) in [5, 5.41) is 1.67. The number of halogens is 1. The quantitative estimate of drug-likeness (QED) is 0.332. The molecule has 3 aromatic rings. The van der Waals surface area contributed by atoms with E-state index in [-0.39, 0.29) is 11.2 Å². The molecule has 1 aliphatic rings. The lowest BCUT2D eigenvalue weighted by Crippen LogP contribution is -2.36. The van der Waals surface area contributed by atoms with E-state index in [4.69, 9.17) is 21.3 Å². The fourth-order valence-corrected chi connectivity index (χ4v) is 5.21. The number of carbonyl (C=O) groups is 1. The Balaban J connectivity index is 1.60. The lowest BCUT2D eigenvalue weighted by molar-refractivity contribution is 0.0705. The van der Waals surface area contributed by atoms with Gasteiger partial charge in [0.15, 0.2) is 5.78 Å². The van der Waals surface area contributed by atoms with Crippen LogP contribution in [0.1, 0.15) is 80.4 Å². The van der Waals surface area contributed by atoms with Crippen molar-refractivity contribution < 1.29 is 9.53 Å². The monoisotopic (exact) mass is 449 g/mol. The van der Waals surface area contributed by atoms with Crippen LogP contribution in [0.3, 0.4) is 0 Å². The van der Waals surface area contributed by atoms with Crippen molar-refractivity contribution in [2.75, 3.05) is 0 Å². The first-order valence-electron chi connectivity index (χ1n) is 11.9. The molecular formula is C28H32ClNO2. The molecule has 0 saturated heterocycles. The van der Waals surface area contributed by atoms with Gasteiger partial charge >= 0.3 is 0 Å². The summed E-state index contributed by atoms with van der Waals surface area (Å²) in [6, 6.07) is 15.8. The van der Waals surface area contributed by atoms with Crippen molar-refractivity contribution in [2.45, 2.75) is 71.8 Å². The minimum atomic E-state index is -0.277. The third kappa shape index (κ3) is 4.54. The van der Waals surface area contributed by atoms with Crippen LogP contribution in [0.5, 0.6) is 5.75 Å². The van der Waals surface area contributed by atoms with Crippen LogP contribution in [0.2, 0.25) is 5.02 Å². The van der Waals surface area contributed by atoms with E-state index in [9.17, 15) is 4.79 Å². The molecule has 2 aromatic carbocycles. The maximum absolute atomic E-state index is 13.8. The summed E-state index contributed by atoms with van der Waals surface area (Å²) in [5.41, 5.74) is 3.20. The highest BCUT2D eigenvalue weighted by Gasteiger charge is 2.43. The van der Waals surface area contributed by atoms with E-state index < -0.39 is 0 Å². The van der Waals surface area contributed by atoms with Crippen LogP contribution in [0.15, 0.2) is 48.5 Å². The normalized spacial score (nSPS) is 15.0. The van der Waals surface area contributed by atoms with Gasteiger partial charge in [0.1, 0.15) is 12.4 Å². The summed E-state index contributed by atoms with van der Waals surface area (Å²) >= 11 is 6.60. The maximum atomic E-state index is 13.8. The molecular weight excluding hydrogens is 418 g/mol. The third-order valence-corrected chi connectivity index (χ3v) is 7.15. The van der Waals surface area contributed by atoms with E-state index in [2.05, 4.69) is 26.0 Å². The number of ether oxygens (including phenoxy) is 1. The summed E-state index contributed by atoms with van der Waals surface area (Å²) in [6.45, 7) is 4.74. The Labute approximate surface area is 196 Å². The van der Waals surface area contributed by atoms with Crippen LogP contribution in [0.25, 0.3) is 10.9 Å². The second-order valence-electron chi connectivity index (χ2n) is 9.00. The average molecular weight is 450 g/mol. The lowest BCUT2D eigenvalue weighted by atomic mass is 9.65. The number of hydrogen-bond acceptors (Lipinski definition) is 3. The van der Waals surface area contributed by atoms with Gasteiger partial charge in [0.25, 0.3) is 0 Å². The molecule has 1 aromatic heterocycles. The number of Topliss-reactive ketones (excluding diaryl/α,β-unsaturated/α-hetero) is 1. The number of unbranched alkanes of at least 4 members (excludes halogenated alkanes) is 2. The Kier molecular flexibility index (Phi) is 7.15. The molecule has 168 valence electrons. The molecule has 0 saturated carbocycles. The highest BCUT2D eigenvalue weighted by atomic mass is 35.5. The molecule has 0 atom stereocenters. The van der Waals surface area contributed by atoms with Gasteiger partial charge in [-0.3, -0.25) is 4.79 Å². The molecule has 0 spiro atoms. The van der Waals surface area contributed by atoms with Gasteiger partial charge in [-0.15, -0.1) is 0 Å². The van der Waals surface area contributed by atoms with Crippen molar-refractivity contribution in [1.29, 1.82) is 0 Å². The van der Waals surface area contributed by atoms with Gasteiger partial charge in [-0.05, 0) is 49.9 Å². The number of aromatic nitrogens is 1. The maximum Gasteiger partial charge on any atom is 0.170 e. The smallest absolute Gasteiger partial charge is 0.170 e. The number of hydrogen-bond donors (Lipinski definition) is 0. The van der Waals surface area contributed by atoms with E-state index in [0.29, 0.717) is 17.2 Å². The lowest BCUT2D eigenvalue weighted by Gasteiger charge is -2.38. The summed E-state index contributed by atoms with van der Waals surface area (Å²) in [7, 11) is 0. The molecule has 4 rings (SSSR count).